The lowest BCUT2D eigenvalue weighted by Gasteiger charge is -2.27. The number of hydrogen-bond donors (Lipinski definition) is 1. The molecule has 0 radical (unpaired) electrons. The topological polar surface area (TPSA) is 55.8 Å². The molecule has 16 heavy (non-hydrogen) atoms. The first-order chi connectivity index (χ1) is 7.54. The molecule has 2 rings (SSSR count). The molecule has 1 N–H and O–H groups in total. The monoisotopic (exact) mass is 242 g/mol. The van der Waals surface area contributed by atoms with Crippen molar-refractivity contribution in [3.8, 4) is 11.5 Å². The van der Waals surface area contributed by atoms with Crippen molar-refractivity contribution in [1.29, 1.82) is 0 Å². The van der Waals surface area contributed by atoms with Crippen LogP contribution in [0.4, 0.5) is 0 Å². The number of esters is 1. The third-order valence-corrected chi connectivity index (χ3v) is 3.15. The highest BCUT2D eigenvalue weighted by Crippen LogP contribution is 2.40. The van der Waals surface area contributed by atoms with E-state index in [4.69, 9.17) is 21.1 Å². The van der Waals surface area contributed by atoms with Gasteiger partial charge in [-0.15, -0.1) is 11.6 Å². The average molecular weight is 243 g/mol. The standard InChI is InChI=1S/C11H11ClO4/c1-5-10(12)7-3-6(15-2)4-8(13)9(7)11(14)16-5/h3-5,10,13H,1-2H3/t5-,10+/m1/s1. The molecular weight excluding hydrogens is 232 g/mol. The van der Waals surface area contributed by atoms with Crippen molar-refractivity contribution >= 4 is 17.6 Å². The maximum absolute atomic E-state index is 11.6. The first kappa shape index (κ1) is 11.1. The zero-order chi connectivity index (χ0) is 11.9. The summed E-state index contributed by atoms with van der Waals surface area (Å²) in [6.45, 7) is 1.70. The van der Waals surface area contributed by atoms with Crippen molar-refractivity contribution in [3.63, 3.8) is 0 Å². The van der Waals surface area contributed by atoms with Gasteiger partial charge in [0.05, 0.1) is 12.5 Å². The third kappa shape index (κ3) is 1.59. The van der Waals surface area contributed by atoms with Crippen molar-refractivity contribution in [2.24, 2.45) is 0 Å². The number of cyclic esters (lactones) is 1. The summed E-state index contributed by atoms with van der Waals surface area (Å²) in [7, 11) is 1.48. The van der Waals surface area contributed by atoms with Crippen LogP contribution >= 0.6 is 11.6 Å². The van der Waals surface area contributed by atoms with Crippen LogP contribution in [0.3, 0.4) is 0 Å². The summed E-state index contributed by atoms with van der Waals surface area (Å²) in [5.41, 5.74) is 0.668. The highest BCUT2D eigenvalue weighted by atomic mass is 35.5. The van der Waals surface area contributed by atoms with E-state index in [1.54, 1.807) is 13.0 Å². The van der Waals surface area contributed by atoms with Crippen LogP contribution in [0, 0.1) is 0 Å². The highest BCUT2D eigenvalue weighted by molar-refractivity contribution is 6.22. The molecule has 0 saturated carbocycles. The van der Waals surface area contributed by atoms with Gasteiger partial charge in [-0.1, -0.05) is 0 Å². The molecule has 0 spiro atoms. The molecule has 0 aromatic heterocycles. The number of ether oxygens (including phenoxy) is 2. The zero-order valence-electron chi connectivity index (χ0n) is 8.86. The Labute approximate surface area is 97.7 Å². The molecule has 5 heteroatoms. The minimum Gasteiger partial charge on any atom is -0.507 e. The quantitative estimate of drug-likeness (QED) is 0.606. The van der Waals surface area contributed by atoms with Crippen LogP contribution in [-0.4, -0.2) is 24.3 Å². The van der Waals surface area contributed by atoms with E-state index in [-0.39, 0.29) is 11.3 Å². The molecule has 1 aliphatic heterocycles. The Bertz CT molecular complexity index is 444. The molecular formula is C11H11ClO4. The van der Waals surface area contributed by atoms with Crippen molar-refractivity contribution in [1.82, 2.24) is 0 Å². The number of aromatic hydroxyl groups is 1. The number of alkyl halides is 1. The van der Waals surface area contributed by atoms with Crippen LogP contribution in [0.1, 0.15) is 28.2 Å². The first-order valence-electron chi connectivity index (χ1n) is 4.80. The number of phenolic OH excluding ortho intramolecular Hbond substituents is 1. The molecule has 86 valence electrons. The summed E-state index contributed by atoms with van der Waals surface area (Å²) in [5.74, 6) is -0.264. The summed E-state index contributed by atoms with van der Waals surface area (Å²) in [6, 6.07) is 3.00. The van der Waals surface area contributed by atoms with Crippen LogP contribution in [0.2, 0.25) is 0 Å². The molecule has 0 saturated heterocycles. The molecule has 4 nitrogen and oxygen atoms in total. The minimum atomic E-state index is -0.556. The summed E-state index contributed by atoms with van der Waals surface area (Å²) < 4.78 is 10.0. The van der Waals surface area contributed by atoms with Gasteiger partial charge < -0.3 is 14.6 Å². The summed E-state index contributed by atoms with van der Waals surface area (Å²) in [5, 5.41) is 9.23. The zero-order valence-corrected chi connectivity index (χ0v) is 9.62. The van der Waals surface area contributed by atoms with Gasteiger partial charge in [-0.3, -0.25) is 0 Å². The average Bonchev–Trinajstić information content (AvgIpc) is 2.24. The lowest BCUT2D eigenvalue weighted by atomic mass is 9.97. The summed E-state index contributed by atoms with van der Waals surface area (Å²) in [4.78, 5) is 11.6. The SMILES string of the molecule is COc1cc(O)c2c(c1)[C@@H](Cl)[C@@H](C)OC2=O. The van der Waals surface area contributed by atoms with E-state index in [0.29, 0.717) is 11.3 Å². The van der Waals surface area contributed by atoms with Gasteiger partial charge in [0, 0.05) is 6.07 Å². The molecule has 1 aliphatic rings. The van der Waals surface area contributed by atoms with Crippen LogP contribution in [-0.2, 0) is 4.74 Å². The van der Waals surface area contributed by atoms with E-state index < -0.39 is 17.5 Å². The van der Waals surface area contributed by atoms with E-state index in [1.807, 2.05) is 0 Å². The van der Waals surface area contributed by atoms with Crippen LogP contribution < -0.4 is 4.74 Å². The van der Waals surface area contributed by atoms with Gasteiger partial charge in [-0.25, -0.2) is 4.79 Å². The molecule has 1 heterocycles. The number of benzene rings is 1. The summed E-state index contributed by atoms with van der Waals surface area (Å²) >= 11 is 6.12. The van der Waals surface area contributed by atoms with E-state index in [1.165, 1.54) is 13.2 Å². The Balaban J connectivity index is 2.62. The summed E-state index contributed by atoms with van der Waals surface area (Å²) in [6.07, 6.45) is -0.423. The molecule has 0 bridgehead atoms. The fraction of sp³-hybridized carbons (Fsp3) is 0.364. The molecule has 0 fully saturated rings. The fourth-order valence-electron chi connectivity index (χ4n) is 1.72. The maximum Gasteiger partial charge on any atom is 0.342 e. The molecule has 0 amide bonds. The molecule has 2 atom stereocenters. The van der Waals surface area contributed by atoms with Crippen LogP contribution in [0.5, 0.6) is 11.5 Å². The number of phenols is 1. The highest BCUT2D eigenvalue weighted by Gasteiger charge is 2.34. The number of methoxy groups -OCH3 is 1. The molecule has 0 unspecified atom stereocenters. The first-order valence-corrected chi connectivity index (χ1v) is 5.24. The maximum atomic E-state index is 11.6. The van der Waals surface area contributed by atoms with E-state index in [2.05, 4.69) is 0 Å². The van der Waals surface area contributed by atoms with Gasteiger partial charge in [0.15, 0.2) is 0 Å². The number of hydrogen-bond acceptors (Lipinski definition) is 4. The lowest BCUT2D eigenvalue weighted by Crippen LogP contribution is -2.27. The number of carbonyl (C=O) groups excluding carboxylic acids is 1. The fourth-order valence-corrected chi connectivity index (χ4v) is 1.94. The number of carbonyl (C=O) groups is 1. The van der Waals surface area contributed by atoms with Crippen LogP contribution in [0.25, 0.3) is 0 Å². The number of halogens is 1. The largest absolute Gasteiger partial charge is 0.507 e. The Morgan fingerprint density at radius 1 is 1.50 bits per heavy atom. The van der Waals surface area contributed by atoms with Gasteiger partial charge in [0.25, 0.3) is 0 Å². The lowest BCUT2D eigenvalue weighted by molar-refractivity contribution is 0.0284. The smallest absolute Gasteiger partial charge is 0.342 e. The second kappa shape index (κ2) is 3.87. The Hall–Kier alpha value is -1.42. The Morgan fingerprint density at radius 3 is 2.81 bits per heavy atom. The third-order valence-electron chi connectivity index (χ3n) is 2.56. The van der Waals surface area contributed by atoms with Gasteiger partial charge in [0.1, 0.15) is 23.2 Å². The van der Waals surface area contributed by atoms with Gasteiger partial charge in [-0.2, -0.15) is 0 Å². The van der Waals surface area contributed by atoms with Gasteiger partial charge >= 0.3 is 5.97 Å². The molecule has 1 aromatic rings. The van der Waals surface area contributed by atoms with Crippen molar-refractivity contribution in [2.45, 2.75) is 18.4 Å². The van der Waals surface area contributed by atoms with Crippen molar-refractivity contribution in [2.75, 3.05) is 7.11 Å². The molecule has 0 aliphatic carbocycles. The minimum absolute atomic E-state index is 0.124. The normalized spacial score (nSPS) is 23.6. The number of fused-ring (bicyclic) bond motifs is 1. The predicted molar refractivity (Wildman–Crippen MR) is 58.1 cm³/mol. The number of rotatable bonds is 1. The second-order valence-corrected chi connectivity index (χ2v) is 4.09. The van der Waals surface area contributed by atoms with Crippen molar-refractivity contribution < 1.29 is 19.4 Å². The van der Waals surface area contributed by atoms with E-state index >= 15 is 0 Å². The second-order valence-electron chi connectivity index (χ2n) is 3.62. The van der Waals surface area contributed by atoms with E-state index in [9.17, 15) is 9.90 Å². The van der Waals surface area contributed by atoms with Gasteiger partial charge in [-0.05, 0) is 18.6 Å². The Kier molecular flexibility index (Phi) is 2.68. The molecule has 1 aromatic carbocycles. The van der Waals surface area contributed by atoms with Crippen molar-refractivity contribution in [3.05, 3.63) is 23.3 Å². The van der Waals surface area contributed by atoms with E-state index in [0.717, 1.165) is 0 Å². The Morgan fingerprint density at radius 2 is 2.19 bits per heavy atom. The van der Waals surface area contributed by atoms with Crippen LogP contribution in [0.15, 0.2) is 12.1 Å². The predicted octanol–water partition coefficient (Wildman–Crippen LogP) is 2.24. The van der Waals surface area contributed by atoms with Gasteiger partial charge in [0.2, 0.25) is 0 Å².